The highest BCUT2D eigenvalue weighted by molar-refractivity contribution is 6.32. The molecule has 0 unspecified atom stereocenters. The van der Waals surface area contributed by atoms with Gasteiger partial charge in [-0.05, 0) is 55.2 Å². The number of ether oxygens (including phenoxy) is 1. The number of aromatic nitrogens is 2. The predicted molar refractivity (Wildman–Crippen MR) is 147 cm³/mol. The molecule has 0 aliphatic rings. The number of nitrogens with one attached hydrogen (secondary N) is 1. The smallest absolute Gasteiger partial charge is 0.243 e. The highest BCUT2D eigenvalue weighted by Gasteiger charge is 2.10. The van der Waals surface area contributed by atoms with E-state index in [0.29, 0.717) is 18.2 Å². The molecule has 0 saturated heterocycles. The molecule has 3 aromatic carbocycles. The number of rotatable bonds is 13. The molecule has 4 rings (SSSR count). The van der Waals surface area contributed by atoms with E-state index in [-0.39, 0.29) is 5.91 Å². The first kappa shape index (κ1) is 25.5. The van der Waals surface area contributed by atoms with Crippen LogP contribution in [0, 0.1) is 0 Å². The molecule has 1 aromatic heterocycles. The Morgan fingerprint density at radius 3 is 2.56 bits per heavy atom. The Bertz CT molecular complexity index is 1280. The second kappa shape index (κ2) is 13.5. The van der Waals surface area contributed by atoms with Crippen LogP contribution >= 0.6 is 11.6 Å². The Kier molecular flexibility index (Phi) is 9.57. The van der Waals surface area contributed by atoms with Gasteiger partial charge in [-0.3, -0.25) is 4.79 Å². The van der Waals surface area contributed by atoms with Crippen molar-refractivity contribution in [3.05, 3.63) is 101 Å². The average molecular weight is 502 g/mol. The zero-order chi connectivity index (χ0) is 25.0. The van der Waals surface area contributed by atoms with Crippen molar-refractivity contribution >= 4 is 34.6 Å². The average Bonchev–Trinajstić information content (AvgIpc) is 3.26. The second-order valence-corrected chi connectivity index (χ2v) is 9.05. The summed E-state index contributed by atoms with van der Waals surface area (Å²) in [4.78, 5) is 16.9. The van der Waals surface area contributed by atoms with Crippen LogP contribution in [0.5, 0.6) is 5.75 Å². The van der Waals surface area contributed by atoms with Gasteiger partial charge in [-0.1, -0.05) is 72.6 Å². The molecule has 1 heterocycles. The summed E-state index contributed by atoms with van der Waals surface area (Å²) in [5.41, 5.74) is 3.20. The molecule has 6 heteroatoms. The fourth-order valence-corrected chi connectivity index (χ4v) is 4.31. The quantitative estimate of drug-likeness (QED) is 0.164. The number of amides is 1. The fraction of sp³-hybridized carbons (Fsp3) is 0.267. The van der Waals surface area contributed by atoms with E-state index >= 15 is 0 Å². The normalized spacial score (nSPS) is 11.2. The number of carbonyl (C=O) groups is 1. The topological polar surface area (TPSA) is 56.2 Å². The Morgan fingerprint density at radius 2 is 1.69 bits per heavy atom. The zero-order valence-corrected chi connectivity index (χ0v) is 21.2. The molecule has 0 fully saturated rings. The minimum Gasteiger partial charge on any atom is -0.492 e. The number of imidazole rings is 1. The van der Waals surface area contributed by atoms with E-state index in [0.717, 1.165) is 66.8 Å². The molecule has 0 atom stereocenters. The number of aryl methyl sites for hydroxylation is 2. The Morgan fingerprint density at radius 1 is 0.917 bits per heavy atom. The zero-order valence-electron chi connectivity index (χ0n) is 20.4. The molecular weight excluding hydrogens is 470 g/mol. The maximum absolute atomic E-state index is 12.0. The SMILES string of the molecule is O=C(/C=C/c1ccccc1)NCCCCCc1nc2ccccc2n1CCCOc1ccccc1Cl. The van der Waals surface area contributed by atoms with Crippen LogP contribution in [0.2, 0.25) is 5.02 Å². The number of hydrogen-bond acceptors (Lipinski definition) is 3. The van der Waals surface area contributed by atoms with E-state index in [2.05, 4.69) is 28.1 Å². The van der Waals surface area contributed by atoms with Crippen molar-refractivity contribution in [2.45, 2.75) is 38.6 Å². The molecule has 0 saturated carbocycles. The first-order chi connectivity index (χ1) is 17.7. The number of unbranched alkanes of at least 4 members (excludes halogenated alkanes) is 2. The molecule has 1 N–H and O–H groups in total. The number of nitrogens with zero attached hydrogens (tertiary/aromatic N) is 2. The van der Waals surface area contributed by atoms with Gasteiger partial charge in [0.15, 0.2) is 0 Å². The fourth-order valence-electron chi connectivity index (χ4n) is 4.12. The van der Waals surface area contributed by atoms with Crippen LogP contribution in [0.4, 0.5) is 0 Å². The van der Waals surface area contributed by atoms with Gasteiger partial charge in [-0.2, -0.15) is 0 Å². The summed E-state index contributed by atoms with van der Waals surface area (Å²) in [7, 11) is 0. The monoisotopic (exact) mass is 501 g/mol. The van der Waals surface area contributed by atoms with Crippen molar-refractivity contribution in [1.82, 2.24) is 14.9 Å². The molecule has 36 heavy (non-hydrogen) atoms. The number of para-hydroxylation sites is 3. The minimum atomic E-state index is -0.0559. The third-order valence-electron chi connectivity index (χ3n) is 5.96. The number of fused-ring (bicyclic) bond motifs is 1. The van der Waals surface area contributed by atoms with Crippen molar-refractivity contribution in [3.63, 3.8) is 0 Å². The lowest BCUT2D eigenvalue weighted by Gasteiger charge is -2.11. The summed E-state index contributed by atoms with van der Waals surface area (Å²) >= 11 is 6.19. The molecule has 186 valence electrons. The van der Waals surface area contributed by atoms with Crippen LogP contribution in [0.3, 0.4) is 0 Å². The summed E-state index contributed by atoms with van der Waals surface area (Å²) in [5.74, 6) is 1.76. The summed E-state index contributed by atoms with van der Waals surface area (Å²) in [6.45, 7) is 2.10. The van der Waals surface area contributed by atoms with Crippen molar-refractivity contribution in [1.29, 1.82) is 0 Å². The largest absolute Gasteiger partial charge is 0.492 e. The standard InChI is InChI=1S/C30H32ClN3O2/c31-25-14-6-9-17-28(25)36-23-11-22-34-27-16-8-7-15-26(27)33-29(34)18-5-2-10-21-32-30(35)20-19-24-12-3-1-4-13-24/h1,3-4,6-9,12-17,19-20H,2,5,10-11,18,21-23H2,(H,32,35)/b20-19+. The van der Waals surface area contributed by atoms with E-state index in [9.17, 15) is 4.79 Å². The number of hydrogen-bond donors (Lipinski definition) is 1. The molecular formula is C30H32ClN3O2. The predicted octanol–water partition coefficient (Wildman–Crippen LogP) is 6.70. The maximum atomic E-state index is 12.0. The van der Waals surface area contributed by atoms with E-state index in [1.807, 2.05) is 66.7 Å². The van der Waals surface area contributed by atoms with Gasteiger partial charge in [0, 0.05) is 25.6 Å². The van der Waals surface area contributed by atoms with Crippen molar-refractivity contribution < 1.29 is 9.53 Å². The molecule has 0 aliphatic carbocycles. The first-order valence-electron chi connectivity index (χ1n) is 12.5. The van der Waals surface area contributed by atoms with Gasteiger partial charge in [0.05, 0.1) is 22.7 Å². The third kappa shape index (κ3) is 7.46. The molecule has 5 nitrogen and oxygen atoms in total. The molecule has 0 bridgehead atoms. The third-order valence-corrected chi connectivity index (χ3v) is 6.27. The van der Waals surface area contributed by atoms with E-state index in [1.165, 1.54) is 0 Å². The molecule has 0 aliphatic heterocycles. The molecule has 0 spiro atoms. The van der Waals surface area contributed by atoms with Gasteiger partial charge < -0.3 is 14.6 Å². The second-order valence-electron chi connectivity index (χ2n) is 8.65. The van der Waals surface area contributed by atoms with Gasteiger partial charge >= 0.3 is 0 Å². The number of benzene rings is 3. The number of carbonyl (C=O) groups excluding carboxylic acids is 1. The summed E-state index contributed by atoms with van der Waals surface area (Å²) in [6, 6.07) is 25.7. The van der Waals surface area contributed by atoms with Crippen LogP contribution in [0.15, 0.2) is 84.9 Å². The molecule has 4 aromatic rings. The van der Waals surface area contributed by atoms with E-state index in [1.54, 1.807) is 6.08 Å². The molecule has 0 radical (unpaired) electrons. The Labute approximate surface area is 217 Å². The van der Waals surface area contributed by atoms with Crippen molar-refractivity contribution in [2.24, 2.45) is 0 Å². The van der Waals surface area contributed by atoms with Crippen LogP contribution in [-0.4, -0.2) is 28.6 Å². The maximum Gasteiger partial charge on any atom is 0.243 e. The Hall–Kier alpha value is -3.57. The Balaban J connectivity index is 1.21. The summed E-state index contributed by atoms with van der Waals surface area (Å²) in [5, 5.41) is 3.60. The highest BCUT2D eigenvalue weighted by Crippen LogP contribution is 2.23. The van der Waals surface area contributed by atoms with Gasteiger partial charge in [-0.25, -0.2) is 4.98 Å². The van der Waals surface area contributed by atoms with E-state index < -0.39 is 0 Å². The van der Waals surface area contributed by atoms with Crippen molar-refractivity contribution in [2.75, 3.05) is 13.2 Å². The molecule has 1 amide bonds. The summed E-state index contributed by atoms with van der Waals surface area (Å²) < 4.78 is 8.18. The lowest BCUT2D eigenvalue weighted by Crippen LogP contribution is -2.22. The van der Waals surface area contributed by atoms with Crippen LogP contribution in [0.1, 0.15) is 37.1 Å². The van der Waals surface area contributed by atoms with Gasteiger partial charge in [0.1, 0.15) is 11.6 Å². The van der Waals surface area contributed by atoms with Crippen LogP contribution in [-0.2, 0) is 17.8 Å². The summed E-state index contributed by atoms with van der Waals surface area (Å²) in [6.07, 6.45) is 8.18. The lowest BCUT2D eigenvalue weighted by molar-refractivity contribution is -0.116. The van der Waals surface area contributed by atoms with Crippen molar-refractivity contribution in [3.8, 4) is 5.75 Å². The van der Waals surface area contributed by atoms with Crippen LogP contribution in [0.25, 0.3) is 17.1 Å². The lowest BCUT2D eigenvalue weighted by atomic mass is 10.2. The van der Waals surface area contributed by atoms with Crippen LogP contribution < -0.4 is 10.1 Å². The van der Waals surface area contributed by atoms with Gasteiger partial charge in [0.2, 0.25) is 5.91 Å². The van der Waals surface area contributed by atoms with Gasteiger partial charge in [-0.15, -0.1) is 0 Å². The van der Waals surface area contributed by atoms with E-state index in [4.69, 9.17) is 21.3 Å². The minimum absolute atomic E-state index is 0.0559. The highest BCUT2D eigenvalue weighted by atomic mass is 35.5. The van der Waals surface area contributed by atoms with Gasteiger partial charge in [0.25, 0.3) is 0 Å². The number of halogens is 1. The first-order valence-corrected chi connectivity index (χ1v) is 12.9.